The van der Waals surface area contributed by atoms with Crippen LogP contribution in [0.5, 0.6) is 0 Å². The molecule has 1 atom stereocenters. The van der Waals surface area contributed by atoms with Crippen LogP contribution in [0.15, 0.2) is 60.7 Å². The second-order valence-electron chi connectivity index (χ2n) is 6.28. The molecular formula is C20H21N3O3. The van der Waals surface area contributed by atoms with Gasteiger partial charge in [-0.15, -0.1) is 0 Å². The molecule has 1 aliphatic rings. The Kier molecular flexibility index (Phi) is 5.43. The minimum absolute atomic E-state index is 0.0991. The van der Waals surface area contributed by atoms with Crippen molar-refractivity contribution in [3.63, 3.8) is 0 Å². The van der Waals surface area contributed by atoms with Crippen LogP contribution in [0.4, 0.5) is 11.4 Å². The van der Waals surface area contributed by atoms with Crippen LogP contribution in [-0.2, 0) is 4.79 Å². The van der Waals surface area contributed by atoms with Gasteiger partial charge in [-0.2, -0.15) is 0 Å². The smallest absolute Gasteiger partial charge is 0.292 e. The molecule has 0 fully saturated rings. The predicted molar refractivity (Wildman–Crippen MR) is 102 cm³/mol. The summed E-state index contributed by atoms with van der Waals surface area (Å²) in [5, 5.41) is 13.8. The van der Waals surface area contributed by atoms with Crippen LogP contribution in [0.1, 0.15) is 18.9 Å². The maximum Gasteiger partial charge on any atom is 0.292 e. The lowest BCUT2D eigenvalue weighted by Crippen LogP contribution is -2.44. The third-order valence-corrected chi connectivity index (χ3v) is 4.67. The predicted octanol–water partition coefficient (Wildman–Crippen LogP) is 3.71. The Labute approximate surface area is 152 Å². The maximum atomic E-state index is 12.5. The highest BCUT2D eigenvalue weighted by molar-refractivity contribution is 5.96. The molecule has 134 valence electrons. The summed E-state index contributed by atoms with van der Waals surface area (Å²) < 4.78 is 0. The summed E-state index contributed by atoms with van der Waals surface area (Å²) in [7, 11) is 0. The van der Waals surface area contributed by atoms with Crippen LogP contribution >= 0.6 is 0 Å². The van der Waals surface area contributed by atoms with Crippen molar-refractivity contribution in [1.82, 2.24) is 4.90 Å². The van der Waals surface area contributed by atoms with Gasteiger partial charge in [0.05, 0.1) is 11.0 Å². The molecule has 0 bridgehead atoms. The fraction of sp³-hybridized carbons (Fsp3) is 0.250. The van der Waals surface area contributed by atoms with E-state index < -0.39 is 4.92 Å². The molecule has 2 aromatic carbocycles. The van der Waals surface area contributed by atoms with E-state index in [2.05, 4.69) is 28.4 Å². The second-order valence-corrected chi connectivity index (χ2v) is 6.28. The molecule has 1 N–H and O–H groups in total. The average molecular weight is 351 g/mol. The number of carbonyl (C=O) groups is 1. The Morgan fingerprint density at radius 2 is 1.85 bits per heavy atom. The van der Waals surface area contributed by atoms with E-state index in [4.69, 9.17) is 0 Å². The van der Waals surface area contributed by atoms with Gasteiger partial charge in [-0.1, -0.05) is 48.5 Å². The number of rotatable bonds is 5. The molecule has 6 heteroatoms. The van der Waals surface area contributed by atoms with Gasteiger partial charge in [-0.05, 0) is 30.5 Å². The van der Waals surface area contributed by atoms with Gasteiger partial charge in [-0.3, -0.25) is 19.8 Å². The molecule has 0 aromatic heterocycles. The number of benzene rings is 2. The third kappa shape index (κ3) is 3.97. The van der Waals surface area contributed by atoms with Crippen molar-refractivity contribution in [3.05, 3.63) is 76.4 Å². The number of nitrogens with one attached hydrogen (secondary N) is 1. The highest BCUT2D eigenvalue weighted by Crippen LogP contribution is 2.25. The molecule has 0 unspecified atom stereocenters. The third-order valence-electron chi connectivity index (χ3n) is 4.67. The molecule has 26 heavy (non-hydrogen) atoms. The largest absolute Gasteiger partial charge is 0.319 e. The average Bonchev–Trinajstić information content (AvgIpc) is 2.68. The molecule has 0 spiro atoms. The molecule has 3 rings (SSSR count). The van der Waals surface area contributed by atoms with Gasteiger partial charge >= 0.3 is 0 Å². The first-order chi connectivity index (χ1) is 12.6. The molecule has 0 aliphatic carbocycles. The van der Waals surface area contributed by atoms with Gasteiger partial charge < -0.3 is 5.32 Å². The number of nitro benzene ring substituents is 1. The molecule has 0 saturated carbocycles. The van der Waals surface area contributed by atoms with Crippen LogP contribution in [0.2, 0.25) is 0 Å². The molecule has 1 heterocycles. The van der Waals surface area contributed by atoms with E-state index in [0.29, 0.717) is 6.54 Å². The lowest BCUT2D eigenvalue weighted by molar-refractivity contribution is -0.383. The lowest BCUT2D eigenvalue weighted by Gasteiger charge is -2.31. The number of hydrogen-bond acceptors (Lipinski definition) is 4. The number of nitro groups is 1. The summed E-state index contributed by atoms with van der Waals surface area (Å²) in [6, 6.07) is 16.0. The molecule has 0 radical (unpaired) electrons. The Morgan fingerprint density at radius 1 is 1.15 bits per heavy atom. The zero-order chi connectivity index (χ0) is 18.5. The summed E-state index contributed by atoms with van der Waals surface area (Å²) in [6.07, 6.45) is 3.01. The fourth-order valence-electron chi connectivity index (χ4n) is 3.09. The van der Waals surface area contributed by atoms with Gasteiger partial charge in [0.1, 0.15) is 5.69 Å². The first kappa shape index (κ1) is 17.8. The zero-order valence-electron chi connectivity index (χ0n) is 14.6. The number of carbonyl (C=O) groups excluding carboxylic acids is 1. The van der Waals surface area contributed by atoms with Gasteiger partial charge in [0.15, 0.2) is 0 Å². The van der Waals surface area contributed by atoms with Crippen molar-refractivity contribution in [2.75, 3.05) is 18.4 Å². The SMILES string of the molecule is C[C@H](C(=O)Nc1ccccc1[N+](=O)[O-])N1CC=C(c2ccccc2)CC1. The molecule has 2 aromatic rings. The minimum atomic E-state index is -0.490. The summed E-state index contributed by atoms with van der Waals surface area (Å²) >= 11 is 0. The van der Waals surface area contributed by atoms with Gasteiger partial charge in [0, 0.05) is 19.2 Å². The van der Waals surface area contributed by atoms with Crippen LogP contribution in [0, 0.1) is 10.1 Å². The number of anilines is 1. The van der Waals surface area contributed by atoms with E-state index in [1.165, 1.54) is 17.2 Å². The first-order valence-electron chi connectivity index (χ1n) is 8.59. The van der Waals surface area contributed by atoms with E-state index in [1.54, 1.807) is 18.2 Å². The van der Waals surface area contributed by atoms with Gasteiger partial charge in [0.2, 0.25) is 5.91 Å². The van der Waals surface area contributed by atoms with Crippen LogP contribution in [0.3, 0.4) is 0 Å². The summed E-state index contributed by atoms with van der Waals surface area (Å²) in [5.41, 5.74) is 2.63. The molecule has 1 amide bonds. The first-order valence-corrected chi connectivity index (χ1v) is 8.59. The standard InChI is InChI=1S/C20H21N3O3/c1-15(20(24)21-18-9-5-6-10-19(18)23(25)26)22-13-11-17(12-14-22)16-7-3-2-4-8-16/h2-11,15H,12-14H2,1H3,(H,21,24)/t15-/m1/s1. The van der Waals surface area contributed by atoms with Crippen LogP contribution in [0.25, 0.3) is 5.57 Å². The van der Waals surface area contributed by atoms with Crippen molar-refractivity contribution in [1.29, 1.82) is 0 Å². The molecule has 1 aliphatic heterocycles. The quantitative estimate of drug-likeness (QED) is 0.658. The summed E-state index contributed by atoms with van der Waals surface area (Å²) in [6.45, 7) is 3.27. The molecule has 0 saturated heterocycles. The highest BCUT2D eigenvalue weighted by atomic mass is 16.6. The van der Waals surface area contributed by atoms with Crippen molar-refractivity contribution >= 4 is 22.9 Å². The Morgan fingerprint density at radius 3 is 2.50 bits per heavy atom. The highest BCUT2D eigenvalue weighted by Gasteiger charge is 2.25. The zero-order valence-corrected chi connectivity index (χ0v) is 14.6. The Balaban J connectivity index is 1.65. The van der Waals surface area contributed by atoms with E-state index >= 15 is 0 Å². The fourth-order valence-corrected chi connectivity index (χ4v) is 3.09. The van der Waals surface area contributed by atoms with Crippen LogP contribution in [-0.4, -0.2) is 34.9 Å². The van der Waals surface area contributed by atoms with Crippen molar-refractivity contribution in [2.24, 2.45) is 0 Å². The topological polar surface area (TPSA) is 75.5 Å². The Bertz CT molecular complexity index is 833. The number of amides is 1. The van der Waals surface area contributed by atoms with Crippen molar-refractivity contribution in [3.8, 4) is 0 Å². The van der Waals surface area contributed by atoms with Crippen molar-refractivity contribution < 1.29 is 9.72 Å². The molecular weight excluding hydrogens is 330 g/mol. The molecule has 6 nitrogen and oxygen atoms in total. The maximum absolute atomic E-state index is 12.5. The van der Waals surface area contributed by atoms with Crippen LogP contribution < -0.4 is 5.32 Å². The van der Waals surface area contributed by atoms with Gasteiger partial charge in [-0.25, -0.2) is 0 Å². The lowest BCUT2D eigenvalue weighted by atomic mass is 9.99. The number of para-hydroxylation sites is 2. The normalized spacial score (nSPS) is 15.8. The van der Waals surface area contributed by atoms with Crippen molar-refractivity contribution in [2.45, 2.75) is 19.4 Å². The number of hydrogen-bond donors (Lipinski definition) is 1. The van der Waals surface area contributed by atoms with E-state index in [9.17, 15) is 14.9 Å². The monoisotopic (exact) mass is 351 g/mol. The van der Waals surface area contributed by atoms with Gasteiger partial charge in [0.25, 0.3) is 5.69 Å². The Hall–Kier alpha value is -2.99. The number of nitrogens with zero attached hydrogens (tertiary/aromatic N) is 2. The minimum Gasteiger partial charge on any atom is -0.319 e. The van der Waals surface area contributed by atoms with E-state index in [1.807, 2.05) is 25.1 Å². The summed E-state index contributed by atoms with van der Waals surface area (Å²) in [5.74, 6) is -0.240. The van der Waals surface area contributed by atoms with E-state index in [-0.39, 0.29) is 23.3 Å². The summed E-state index contributed by atoms with van der Waals surface area (Å²) in [4.78, 5) is 25.2. The van der Waals surface area contributed by atoms with E-state index in [0.717, 1.165) is 13.0 Å². The second kappa shape index (κ2) is 7.93.